The number of piperidine rings is 1. The fourth-order valence-electron chi connectivity index (χ4n) is 6.33. The third-order valence-corrected chi connectivity index (χ3v) is 8.35. The molecule has 1 aliphatic heterocycles. The van der Waals surface area contributed by atoms with E-state index in [0.717, 1.165) is 41.3 Å². The molecular weight excluding hydrogens is 480 g/mol. The number of hydrogen-bond donors (Lipinski definition) is 4. The molecule has 2 unspecified atom stereocenters. The van der Waals surface area contributed by atoms with Gasteiger partial charge in [0.1, 0.15) is 6.04 Å². The van der Waals surface area contributed by atoms with Gasteiger partial charge in [-0.15, -0.1) is 0 Å². The van der Waals surface area contributed by atoms with Crippen LogP contribution in [0.5, 0.6) is 0 Å². The summed E-state index contributed by atoms with van der Waals surface area (Å²) in [5.41, 5.74) is 9.12. The average Bonchev–Trinajstić information content (AvgIpc) is 3.42. The van der Waals surface area contributed by atoms with Crippen molar-refractivity contribution in [2.24, 2.45) is 5.73 Å². The smallest absolute Gasteiger partial charge is 0.303 e. The van der Waals surface area contributed by atoms with Crippen LogP contribution in [0.4, 0.5) is 0 Å². The number of nitrogens with one attached hydrogen (secondary N) is 2. The molecule has 0 radical (unpaired) electrons. The molecule has 2 aromatic carbocycles. The third kappa shape index (κ3) is 4.92. The van der Waals surface area contributed by atoms with Crippen molar-refractivity contribution in [3.63, 3.8) is 0 Å². The molecule has 0 saturated carbocycles. The van der Waals surface area contributed by atoms with Crippen LogP contribution < -0.4 is 11.1 Å². The summed E-state index contributed by atoms with van der Waals surface area (Å²) in [6, 6.07) is 15.3. The molecule has 3 aromatic rings. The number of hydrogen-bond acceptors (Lipinski definition) is 4. The summed E-state index contributed by atoms with van der Waals surface area (Å²) in [5, 5.41) is 13.4. The molecule has 38 heavy (non-hydrogen) atoms. The number of amides is 2. The van der Waals surface area contributed by atoms with Gasteiger partial charge in [0, 0.05) is 36.6 Å². The zero-order valence-corrected chi connectivity index (χ0v) is 22.0. The Hall–Kier alpha value is -3.65. The first-order chi connectivity index (χ1) is 18.1. The summed E-state index contributed by atoms with van der Waals surface area (Å²) in [5.74, 6) is -1.28. The standard InChI is InChI=1S/C30H36N4O4/c1-29(2,31)28(38)33-25(15-20-18-32-24-10-6-4-8-22(20)24)27(37)34-13-11-30(12-14-34)17-19(16-26(35)36)21-7-3-5-9-23(21)30/h3-10,18-19,25,32H,11-17,31H2,1-2H3,(H,33,38)(H,35,36). The molecule has 5 rings (SSSR count). The molecule has 8 heteroatoms. The van der Waals surface area contributed by atoms with Crippen LogP contribution in [-0.4, -0.2) is 57.4 Å². The lowest BCUT2D eigenvalue weighted by Gasteiger charge is -2.41. The maximum Gasteiger partial charge on any atom is 0.303 e. The van der Waals surface area contributed by atoms with Gasteiger partial charge in [0.05, 0.1) is 12.0 Å². The zero-order chi connectivity index (χ0) is 27.1. The van der Waals surface area contributed by atoms with Gasteiger partial charge in [-0.3, -0.25) is 14.4 Å². The number of carboxylic acids is 1. The Bertz CT molecular complexity index is 1360. The maximum atomic E-state index is 13.9. The van der Waals surface area contributed by atoms with Crippen LogP contribution in [0.1, 0.15) is 62.1 Å². The molecular formula is C30H36N4O4. The van der Waals surface area contributed by atoms with Crippen molar-refractivity contribution in [3.8, 4) is 0 Å². The summed E-state index contributed by atoms with van der Waals surface area (Å²) >= 11 is 0. The number of para-hydroxylation sites is 1. The normalized spacial score (nSPS) is 19.3. The predicted molar refractivity (Wildman–Crippen MR) is 146 cm³/mol. The van der Waals surface area contributed by atoms with E-state index in [2.05, 4.69) is 22.4 Å². The summed E-state index contributed by atoms with van der Waals surface area (Å²) in [6.45, 7) is 4.37. The summed E-state index contributed by atoms with van der Waals surface area (Å²) in [6.07, 6.45) is 4.69. The monoisotopic (exact) mass is 516 g/mol. The van der Waals surface area contributed by atoms with Crippen LogP contribution in [0.2, 0.25) is 0 Å². The molecule has 1 spiro atoms. The first-order valence-electron chi connectivity index (χ1n) is 13.3. The van der Waals surface area contributed by atoms with Gasteiger partial charge >= 0.3 is 5.97 Å². The lowest BCUT2D eigenvalue weighted by molar-refractivity contribution is -0.138. The van der Waals surface area contributed by atoms with Crippen molar-refractivity contribution >= 4 is 28.7 Å². The van der Waals surface area contributed by atoms with Crippen molar-refractivity contribution in [1.82, 2.24) is 15.2 Å². The van der Waals surface area contributed by atoms with E-state index < -0.39 is 17.6 Å². The Morgan fingerprint density at radius 1 is 1.13 bits per heavy atom. The highest BCUT2D eigenvalue weighted by Gasteiger charge is 2.46. The van der Waals surface area contributed by atoms with Gasteiger partial charge in [-0.1, -0.05) is 42.5 Å². The minimum Gasteiger partial charge on any atom is -0.481 e. The Morgan fingerprint density at radius 3 is 2.53 bits per heavy atom. The van der Waals surface area contributed by atoms with Gasteiger partial charge in [-0.2, -0.15) is 0 Å². The van der Waals surface area contributed by atoms with Crippen molar-refractivity contribution in [1.29, 1.82) is 0 Å². The molecule has 1 aromatic heterocycles. The van der Waals surface area contributed by atoms with E-state index in [1.165, 1.54) is 5.56 Å². The molecule has 8 nitrogen and oxygen atoms in total. The Kier molecular flexibility index (Phi) is 6.77. The van der Waals surface area contributed by atoms with E-state index in [0.29, 0.717) is 19.5 Å². The third-order valence-electron chi connectivity index (χ3n) is 8.35. The first-order valence-corrected chi connectivity index (χ1v) is 13.3. The topological polar surface area (TPSA) is 129 Å². The van der Waals surface area contributed by atoms with Crippen molar-refractivity contribution in [2.45, 2.75) is 68.9 Å². The second kappa shape index (κ2) is 9.91. The fraction of sp³-hybridized carbons (Fsp3) is 0.433. The number of carbonyl (C=O) groups is 3. The van der Waals surface area contributed by atoms with E-state index >= 15 is 0 Å². The molecule has 1 saturated heterocycles. The van der Waals surface area contributed by atoms with Crippen LogP contribution in [0.3, 0.4) is 0 Å². The number of aromatic nitrogens is 1. The van der Waals surface area contributed by atoms with E-state index in [-0.39, 0.29) is 29.6 Å². The van der Waals surface area contributed by atoms with Crippen LogP contribution in [0.25, 0.3) is 10.9 Å². The van der Waals surface area contributed by atoms with Gasteiger partial charge < -0.3 is 26.0 Å². The molecule has 0 bridgehead atoms. The van der Waals surface area contributed by atoms with Crippen LogP contribution in [0, 0.1) is 0 Å². The quantitative estimate of drug-likeness (QED) is 0.382. The molecule has 2 atom stereocenters. The van der Waals surface area contributed by atoms with E-state index in [9.17, 15) is 19.5 Å². The number of likely N-dealkylation sites (tertiary alicyclic amines) is 1. The van der Waals surface area contributed by atoms with Crippen molar-refractivity contribution < 1.29 is 19.5 Å². The number of benzene rings is 2. The second-order valence-corrected chi connectivity index (χ2v) is 11.5. The van der Waals surface area contributed by atoms with Gasteiger partial charge in [-0.05, 0) is 67.2 Å². The SMILES string of the molecule is CC(C)(N)C(=O)NC(Cc1c[nH]c2ccccc12)C(=O)N1CCC2(CC1)CC(CC(=O)O)c1ccccc12. The van der Waals surface area contributed by atoms with Crippen molar-refractivity contribution in [2.75, 3.05) is 13.1 Å². The number of carbonyl (C=O) groups excluding carboxylic acids is 2. The minimum atomic E-state index is -1.11. The molecule has 2 amide bonds. The Morgan fingerprint density at radius 2 is 1.82 bits per heavy atom. The molecule has 200 valence electrons. The maximum absolute atomic E-state index is 13.9. The highest BCUT2D eigenvalue weighted by atomic mass is 16.4. The number of nitrogens with two attached hydrogens (primary N) is 1. The summed E-state index contributed by atoms with van der Waals surface area (Å²) in [4.78, 5) is 43.3. The lowest BCUT2D eigenvalue weighted by atomic mass is 9.73. The number of nitrogens with zero attached hydrogens (tertiary/aromatic N) is 1. The summed E-state index contributed by atoms with van der Waals surface area (Å²) in [7, 11) is 0. The number of aromatic amines is 1. The van der Waals surface area contributed by atoms with Crippen LogP contribution in [-0.2, 0) is 26.2 Å². The largest absolute Gasteiger partial charge is 0.481 e. The zero-order valence-electron chi connectivity index (χ0n) is 22.0. The second-order valence-electron chi connectivity index (χ2n) is 11.5. The van der Waals surface area contributed by atoms with E-state index in [4.69, 9.17) is 5.73 Å². The average molecular weight is 517 g/mol. The van der Waals surface area contributed by atoms with Gasteiger partial charge in [0.25, 0.3) is 0 Å². The molecule has 2 aliphatic rings. The highest BCUT2D eigenvalue weighted by molar-refractivity contribution is 5.92. The van der Waals surface area contributed by atoms with Gasteiger partial charge in [-0.25, -0.2) is 0 Å². The summed E-state index contributed by atoms with van der Waals surface area (Å²) < 4.78 is 0. The number of carboxylic acid groups (broad SMARTS) is 1. The first kappa shape index (κ1) is 26.0. The van der Waals surface area contributed by atoms with Crippen LogP contribution in [0.15, 0.2) is 54.7 Å². The lowest BCUT2D eigenvalue weighted by Crippen LogP contribution is -2.58. The molecule has 5 N–H and O–H groups in total. The van der Waals surface area contributed by atoms with Gasteiger partial charge in [0.2, 0.25) is 11.8 Å². The van der Waals surface area contributed by atoms with E-state index in [1.54, 1.807) is 13.8 Å². The number of aliphatic carboxylic acids is 1. The van der Waals surface area contributed by atoms with E-state index in [1.807, 2.05) is 47.5 Å². The highest BCUT2D eigenvalue weighted by Crippen LogP contribution is 2.52. The molecule has 1 aliphatic carbocycles. The number of H-pyrrole nitrogens is 1. The number of rotatable bonds is 7. The molecule has 2 heterocycles. The number of fused-ring (bicyclic) bond motifs is 3. The minimum absolute atomic E-state index is 0.00774. The van der Waals surface area contributed by atoms with Crippen LogP contribution >= 0.6 is 0 Å². The Balaban J connectivity index is 1.35. The fourth-order valence-corrected chi connectivity index (χ4v) is 6.33. The van der Waals surface area contributed by atoms with Crippen molar-refractivity contribution in [3.05, 3.63) is 71.4 Å². The Labute approximate surface area is 222 Å². The van der Waals surface area contributed by atoms with Gasteiger partial charge in [0.15, 0.2) is 0 Å². The predicted octanol–water partition coefficient (Wildman–Crippen LogP) is 3.45. The molecule has 1 fully saturated rings.